The number of rotatable bonds is 5. The molecule has 0 amide bonds. The summed E-state index contributed by atoms with van der Waals surface area (Å²) in [5.41, 5.74) is 0.110. The second-order valence-corrected chi connectivity index (χ2v) is 6.97. The lowest BCUT2D eigenvalue weighted by Gasteiger charge is -2.07. The van der Waals surface area contributed by atoms with Gasteiger partial charge in [0.2, 0.25) is 10.0 Å². The Kier molecular flexibility index (Phi) is 4.34. The van der Waals surface area contributed by atoms with E-state index in [1.807, 2.05) is 0 Å². The van der Waals surface area contributed by atoms with Crippen molar-refractivity contribution in [3.8, 4) is 0 Å². The van der Waals surface area contributed by atoms with Gasteiger partial charge in [-0.25, -0.2) is 17.9 Å². The molecular formula is C16H12N2O6S. The van der Waals surface area contributed by atoms with Crippen LogP contribution >= 0.6 is 0 Å². The Labute approximate surface area is 141 Å². The highest BCUT2D eigenvalue weighted by atomic mass is 32.2. The monoisotopic (exact) mass is 360 g/mol. The third-order valence-corrected chi connectivity index (χ3v) is 4.89. The predicted molar refractivity (Wildman–Crippen MR) is 89.6 cm³/mol. The minimum absolute atomic E-state index is 0.000667. The van der Waals surface area contributed by atoms with Gasteiger partial charge in [0.15, 0.2) is 0 Å². The molecule has 0 unspecified atom stereocenters. The molecule has 0 saturated heterocycles. The van der Waals surface area contributed by atoms with Crippen LogP contribution in [0.4, 0.5) is 5.69 Å². The second kappa shape index (κ2) is 6.46. The Morgan fingerprint density at radius 2 is 1.88 bits per heavy atom. The number of benzene rings is 2. The van der Waals surface area contributed by atoms with Gasteiger partial charge in [0.1, 0.15) is 5.58 Å². The minimum atomic E-state index is -3.83. The van der Waals surface area contributed by atoms with Crippen molar-refractivity contribution < 1.29 is 17.8 Å². The fourth-order valence-corrected chi connectivity index (χ4v) is 3.31. The first-order valence-electron chi connectivity index (χ1n) is 7.12. The molecule has 3 rings (SSSR count). The zero-order valence-corrected chi connectivity index (χ0v) is 13.5. The molecule has 9 heteroatoms. The lowest BCUT2D eigenvalue weighted by molar-refractivity contribution is -0.384. The van der Waals surface area contributed by atoms with Gasteiger partial charge in [-0.1, -0.05) is 12.1 Å². The van der Waals surface area contributed by atoms with Gasteiger partial charge in [0.25, 0.3) is 5.69 Å². The van der Waals surface area contributed by atoms with Gasteiger partial charge in [-0.05, 0) is 29.8 Å². The Bertz CT molecular complexity index is 1120. The summed E-state index contributed by atoms with van der Waals surface area (Å²) in [5, 5.41) is 11.2. The fraction of sp³-hybridized carbons (Fsp3) is 0.0625. The molecule has 0 saturated carbocycles. The molecule has 0 aliphatic heterocycles. The molecule has 0 bridgehead atoms. The zero-order chi connectivity index (χ0) is 18.0. The first-order chi connectivity index (χ1) is 11.8. The number of hydrogen-bond acceptors (Lipinski definition) is 6. The van der Waals surface area contributed by atoms with Crippen molar-refractivity contribution in [1.82, 2.24) is 4.72 Å². The van der Waals surface area contributed by atoms with Crippen LogP contribution in [0.5, 0.6) is 0 Å². The van der Waals surface area contributed by atoms with Gasteiger partial charge in [0, 0.05) is 30.1 Å². The molecular weight excluding hydrogens is 348 g/mol. The third-order valence-electron chi connectivity index (χ3n) is 3.49. The topological polar surface area (TPSA) is 120 Å². The number of hydrogen-bond donors (Lipinski definition) is 1. The van der Waals surface area contributed by atoms with Gasteiger partial charge < -0.3 is 4.42 Å². The number of nitro benzene ring substituents is 1. The quantitative estimate of drug-likeness (QED) is 0.423. The number of nitrogens with one attached hydrogen (secondary N) is 1. The van der Waals surface area contributed by atoms with Crippen molar-refractivity contribution in [3.63, 3.8) is 0 Å². The van der Waals surface area contributed by atoms with Crippen molar-refractivity contribution in [2.75, 3.05) is 0 Å². The predicted octanol–water partition coefficient (Wildman–Crippen LogP) is 2.18. The van der Waals surface area contributed by atoms with Crippen LogP contribution in [0.3, 0.4) is 0 Å². The molecule has 0 spiro atoms. The van der Waals surface area contributed by atoms with Crippen molar-refractivity contribution in [2.24, 2.45) is 0 Å². The molecule has 0 atom stereocenters. The Morgan fingerprint density at radius 1 is 1.08 bits per heavy atom. The average molecular weight is 360 g/mol. The zero-order valence-electron chi connectivity index (χ0n) is 12.7. The molecule has 1 N–H and O–H groups in total. The highest BCUT2D eigenvalue weighted by Gasteiger charge is 2.15. The van der Waals surface area contributed by atoms with Crippen LogP contribution in [0.2, 0.25) is 0 Å². The molecule has 8 nitrogen and oxygen atoms in total. The smallest absolute Gasteiger partial charge is 0.336 e. The molecule has 0 aliphatic carbocycles. The van der Waals surface area contributed by atoms with E-state index in [4.69, 9.17) is 4.42 Å². The normalized spacial score (nSPS) is 11.5. The maximum Gasteiger partial charge on any atom is 0.336 e. The van der Waals surface area contributed by atoms with Crippen molar-refractivity contribution in [1.29, 1.82) is 0 Å². The molecule has 25 heavy (non-hydrogen) atoms. The van der Waals surface area contributed by atoms with E-state index < -0.39 is 20.6 Å². The van der Waals surface area contributed by atoms with E-state index in [-0.39, 0.29) is 22.7 Å². The second-order valence-electron chi connectivity index (χ2n) is 5.21. The number of non-ortho nitro benzene ring substituents is 1. The van der Waals surface area contributed by atoms with Crippen molar-refractivity contribution in [3.05, 3.63) is 80.7 Å². The number of fused-ring (bicyclic) bond motifs is 1. The van der Waals surface area contributed by atoms with Crippen LogP contribution in [0, 0.1) is 10.1 Å². The SMILES string of the molecule is O=c1ccc2cc(S(=O)(=O)NCc3cccc([N+](=O)[O-])c3)ccc2o1. The Hall–Kier alpha value is -3.04. The summed E-state index contributed by atoms with van der Waals surface area (Å²) in [5.74, 6) is 0. The minimum Gasteiger partial charge on any atom is -0.423 e. The standard InChI is InChI=1S/C16H12N2O6S/c19-16-7-4-12-9-14(5-6-15(12)24-16)25(22,23)17-10-11-2-1-3-13(8-11)18(20)21/h1-9,17H,10H2. The van der Waals surface area contributed by atoms with E-state index in [9.17, 15) is 23.3 Å². The maximum absolute atomic E-state index is 12.4. The van der Waals surface area contributed by atoms with Gasteiger partial charge in [-0.2, -0.15) is 0 Å². The van der Waals surface area contributed by atoms with Crippen LogP contribution in [0.1, 0.15) is 5.56 Å². The summed E-state index contributed by atoms with van der Waals surface area (Å²) in [6.07, 6.45) is 0. The van der Waals surface area contributed by atoms with Gasteiger partial charge in [0.05, 0.1) is 9.82 Å². The molecule has 1 heterocycles. The lowest BCUT2D eigenvalue weighted by atomic mass is 10.2. The number of nitro groups is 1. The summed E-state index contributed by atoms with van der Waals surface area (Å²) in [7, 11) is -3.83. The van der Waals surface area contributed by atoms with Crippen LogP contribution in [-0.4, -0.2) is 13.3 Å². The van der Waals surface area contributed by atoms with Crippen LogP contribution < -0.4 is 10.3 Å². The first-order valence-corrected chi connectivity index (χ1v) is 8.60. The number of sulfonamides is 1. The van der Waals surface area contributed by atoms with Crippen molar-refractivity contribution in [2.45, 2.75) is 11.4 Å². The molecule has 128 valence electrons. The molecule has 0 fully saturated rings. The molecule has 2 aromatic carbocycles. The first kappa shape index (κ1) is 16.8. The summed E-state index contributed by atoms with van der Waals surface area (Å²) in [6, 6.07) is 12.5. The fourth-order valence-electron chi connectivity index (χ4n) is 2.26. The lowest BCUT2D eigenvalue weighted by Crippen LogP contribution is -2.23. The Balaban J connectivity index is 1.84. The molecule has 1 aromatic heterocycles. The van der Waals surface area contributed by atoms with E-state index in [0.717, 1.165) is 0 Å². The van der Waals surface area contributed by atoms with Crippen LogP contribution in [0.15, 0.2) is 68.7 Å². The average Bonchev–Trinajstić information content (AvgIpc) is 2.59. The maximum atomic E-state index is 12.4. The summed E-state index contributed by atoms with van der Waals surface area (Å²) >= 11 is 0. The van der Waals surface area contributed by atoms with Crippen LogP contribution in [0.25, 0.3) is 11.0 Å². The van der Waals surface area contributed by atoms with E-state index >= 15 is 0 Å². The van der Waals surface area contributed by atoms with E-state index in [0.29, 0.717) is 10.9 Å². The van der Waals surface area contributed by atoms with E-state index in [2.05, 4.69) is 4.72 Å². The van der Waals surface area contributed by atoms with E-state index in [1.54, 1.807) is 6.07 Å². The van der Waals surface area contributed by atoms with E-state index in [1.165, 1.54) is 48.5 Å². The van der Waals surface area contributed by atoms with Crippen LogP contribution in [-0.2, 0) is 16.6 Å². The third kappa shape index (κ3) is 3.73. The summed E-state index contributed by atoms with van der Waals surface area (Å²) in [4.78, 5) is 21.4. The summed E-state index contributed by atoms with van der Waals surface area (Å²) < 4.78 is 32.1. The molecule has 3 aromatic rings. The van der Waals surface area contributed by atoms with Gasteiger partial charge >= 0.3 is 5.63 Å². The molecule has 0 aliphatic rings. The van der Waals surface area contributed by atoms with Crippen molar-refractivity contribution >= 4 is 26.7 Å². The highest BCUT2D eigenvalue weighted by molar-refractivity contribution is 7.89. The van der Waals surface area contributed by atoms with Gasteiger partial charge in [-0.15, -0.1) is 0 Å². The Morgan fingerprint density at radius 3 is 2.64 bits per heavy atom. The number of nitrogens with zero attached hydrogens (tertiary/aromatic N) is 1. The highest BCUT2D eigenvalue weighted by Crippen LogP contribution is 2.18. The summed E-state index contributed by atoms with van der Waals surface area (Å²) in [6.45, 7) is -0.0913. The van der Waals surface area contributed by atoms with Gasteiger partial charge in [-0.3, -0.25) is 10.1 Å². The molecule has 0 radical (unpaired) electrons. The largest absolute Gasteiger partial charge is 0.423 e.